The predicted octanol–water partition coefficient (Wildman–Crippen LogP) is 6.95. The van der Waals surface area contributed by atoms with Crippen molar-refractivity contribution in [3.63, 3.8) is 0 Å². The van der Waals surface area contributed by atoms with Crippen molar-refractivity contribution in [3.05, 3.63) is 53.8 Å². The summed E-state index contributed by atoms with van der Waals surface area (Å²) in [5.74, 6) is 0. The van der Waals surface area contributed by atoms with Gasteiger partial charge in [0.25, 0.3) is 0 Å². The van der Waals surface area contributed by atoms with E-state index in [0.29, 0.717) is 10.0 Å². The molecule has 88 valence electrons. The normalized spacial score (nSPS) is 10.6. The quantitative estimate of drug-likeness (QED) is 0.405. The van der Waals surface area contributed by atoms with Gasteiger partial charge in [-0.25, -0.2) is 0 Å². The van der Waals surface area contributed by atoms with Crippen molar-refractivity contribution in [2.24, 2.45) is 0 Å². The Labute approximate surface area is 135 Å². The molecule has 0 aliphatic carbocycles. The van der Waals surface area contributed by atoms with Crippen molar-refractivity contribution in [2.75, 3.05) is 0 Å². The SMILES string of the molecule is Clc1ccc(-c2cc(Br)c(Br)c(Br)c2)cc1Cl. The molecule has 2 aromatic carbocycles. The molecule has 2 rings (SSSR count). The van der Waals surface area contributed by atoms with Crippen molar-refractivity contribution in [1.82, 2.24) is 0 Å². The molecule has 0 radical (unpaired) electrons. The maximum absolute atomic E-state index is 6.01. The van der Waals surface area contributed by atoms with Crippen molar-refractivity contribution in [3.8, 4) is 11.1 Å². The minimum absolute atomic E-state index is 0.555. The maximum atomic E-state index is 6.01. The number of rotatable bonds is 1. The second-order valence-electron chi connectivity index (χ2n) is 3.38. The highest BCUT2D eigenvalue weighted by molar-refractivity contribution is 9.14. The molecule has 0 nitrogen and oxygen atoms in total. The van der Waals surface area contributed by atoms with Crippen molar-refractivity contribution >= 4 is 71.0 Å². The average Bonchev–Trinajstić information content (AvgIpc) is 2.29. The molecule has 0 unspecified atom stereocenters. The van der Waals surface area contributed by atoms with Crippen molar-refractivity contribution in [2.45, 2.75) is 0 Å². The first kappa shape index (κ1) is 13.9. The monoisotopic (exact) mass is 456 g/mol. The molecule has 0 fully saturated rings. The van der Waals surface area contributed by atoms with Crippen LogP contribution in [0.25, 0.3) is 11.1 Å². The van der Waals surface area contributed by atoms with Gasteiger partial charge in [0, 0.05) is 13.4 Å². The summed E-state index contributed by atoms with van der Waals surface area (Å²) < 4.78 is 2.95. The molecule has 0 heterocycles. The average molecular weight is 460 g/mol. The highest BCUT2D eigenvalue weighted by Gasteiger charge is 2.07. The lowest BCUT2D eigenvalue weighted by atomic mass is 10.1. The molecule has 0 amide bonds. The van der Waals surface area contributed by atoms with Gasteiger partial charge in [-0.2, -0.15) is 0 Å². The highest BCUT2D eigenvalue weighted by Crippen LogP contribution is 2.37. The van der Waals surface area contributed by atoms with Gasteiger partial charge in [0.1, 0.15) is 0 Å². The highest BCUT2D eigenvalue weighted by atomic mass is 79.9. The maximum Gasteiger partial charge on any atom is 0.0598 e. The van der Waals surface area contributed by atoms with Crippen molar-refractivity contribution < 1.29 is 0 Å². The van der Waals surface area contributed by atoms with Gasteiger partial charge in [-0.1, -0.05) is 29.3 Å². The molecule has 0 aromatic heterocycles. The van der Waals surface area contributed by atoms with Crippen LogP contribution in [0, 0.1) is 0 Å². The van der Waals surface area contributed by atoms with Gasteiger partial charge in [-0.05, 0) is 83.2 Å². The Bertz CT molecular complexity index is 559. The Morgan fingerprint density at radius 2 is 1.29 bits per heavy atom. The predicted molar refractivity (Wildman–Crippen MR) is 85.0 cm³/mol. The van der Waals surface area contributed by atoms with Crippen LogP contribution < -0.4 is 0 Å². The summed E-state index contributed by atoms with van der Waals surface area (Å²) in [5, 5.41) is 1.12. The Hall–Kier alpha value is 0.460. The van der Waals surface area contributed by atoms with E-state index in [2.05, 4.69) is 47.8 Å². The summed E-state index contributed by atoms with van der Waals surface area (Å²) in [6.45, 7) is 0. The van der Waals surface area contributed by atoms with Crippen LogP contribution >= 0.6 is 71.0 Å². The van der Waals surface area contributed by atoms with Crippen LogP contribution in [0.3, 0.4) is 0 Å². The Morgan fingerprint density at radius 3 is 1.82 bits per heavy atom. The smallest absolute Gasteiger partial charge is 0.0598 e. The topological polar surface area (TPSA) is 0 Å². The molecule has 0 atom stereocenters. The van der Waals surface area contributed by atoms with E-state index in [1.165, 1.54) is 0 Å². The van der Waals surface area contributed by atoms with Gasteiger partial charge in [0.15, 0.2) is 0 Å². The molecule has 17 heavy (non-hydrogen) atoms. The van der Waals surface area contributed by atoms with E-state index in [1.807, 2.05) is 24.3 Å². The van der Waals surface area contributed by atoms with Crippen LogP contribution in [0.1, 0.15) is 0 Å². The summed E-state index contributed by atoms with van der Waals surface area (Å²) >= 11 is 22.4. The third-order valence-corrected chi connectivity index (χ3v) is 6.15. The summed E-state index contributed by atoms with van der Waals surface area (Å²) in [4.78, 5) is 0. The first-order valence-electron chi connectivity index (χ1n) is 4.59. The number of benzene rings is 2. The third kappa shape index (κ3) is 3.07. The van der Waals surface area contributed by atoms with Gasteiger partial charge < -0.3 is 0 Å². The lowest BCUT2D eigenvalue weighted by molar-refractivity contribution is 1.52. The minimum atomic E-state index is 0.555. The molecular weight excluding hydrogens is 455 g/mol. The van der Waals surface area contributed by atoms with Crippen LogP contribution in [-0.4, -0.2) is 0 Å². The fraction of sp³-hybridized carbons (Fsp3) is 0. The third-order valence-electron chi connectivity index (χ3n) is 2.24. The van der Waals surface area contributed by atoms with Crippen molar-refractivity contribution in [1.29, 1.82) is 0 Å². The molecule has 0 saturated carbocycles. The van der Waals surface area contributed by atoms with Gasteiger partial charge >= 0.3 is 0 Å². The van der Waals surface area contributed by atoms with E-state index in [1.54, 1.807) is 6.07 Å². The van der Waals surface area contributed by atoms with Crippen LogP contribution in [0.5, 0.6) is 0 Å². The van der Waals surface area contributed by atoms with E-state index < -0.39 is 0 Å². The van der Waals surface area contributed by atoms with Gasteiger partial charge in [0.05, 0.1) is 10.0 Å². The zero-order valence-electron chi connectivity index (χ0n) is 8.28. The molecule has 2 aromatic rings. The van der Waals surface area contributed by atoms with Crippen LogP contribution in [-0.2, 0) is 0 Å². The summed E-state index contributed by atoms with van der Waals surface area (Å²) in [5.41, 5.74) is 2.08. The first-order valence-corrected chi connectivity index (χ1v) is 7.72. The van der Waals surface area contributed by atoms with Crippen LogP contribution in [0.4, 0.5) is 0 Å². The van der Waals surface area contributed by atoms with E-state index in [0.717, 1.165) is 24.5 Å². The second-order valence-corrected chi connectivity index (χ2v) is 6.70. The molecule has 5 heteroatoms. The molecule has 0 aliphatic heterocycles. The fourth-order valence-corrected chi connectivity index (χ4v) is 3.11. The number of halogens is 5. The minimum Gasteiger partial charge on any atom is -0.0827 e. The lowest BCUT2D eigenvalue weighted by Crippen LogP contribution is -1.81. The van der Waals surface area contributed by atoms with E-state index in [-0.39, 0.29) is 0 Å². The lowest BCUT2D eigenvalue weighted by Gasteiger charge is -2.07. The molecule has 0 N–H and O–H groups in total. The molecule has 0 bridgehead atoms. The summed E-state index contributed by atoms with van der Waals surface area (Å²) in [6, 6.07) is 9.63. The zero-order chi connectivity index (χ0) is 12.6. The van der Waals surface area contributed by atoms with E-state index >= 15 is 0 Å². The molecule has 0 saturated heterocycles. The molecule has 0 aliphatic rings. The standard InChI is InChI=1S/C12H5Br3Cl2/c13-8-3-7(4-9(14)12(8)15)6-1-2-10(16)11(17)5-6/h1-5H. The van der Waals surface area contributed by atoms with Crippen LogP contribution in [0.2, 0.25) is 10.0 Å². The summed E-state index contributed by atoms with van der Waals surface area (Å²) in [7, 11) is 0. The molecular formula is C12H5Br3Cl2. The van der Waals surface area contributed by atoms with Gasteiger partial charge in [-0.3, -0.25) is 0 Å². The Kier molecular flexibility index (Phi) is 4.59. The van der Waals surface area contributed by atoms with Gasteiger partial charge in [-0.15, -0.1) is 0 Å². The first-order chi connectivity index (χ1) is 7.99. The largest absolute Gasteiger partial charge is 0.0827 e. The molecule has 0 spiro atoms. The fourth-order valence-electron chi connectivity index (χ4n) is 1.40. The number of hydrogen-bond acceptors (Lipinski definition) is 0. The Balaban J connectivity index is 2.57. The van der Waals surface area contributed by atoms with E-state index in [9.17, 15) is 0 Å². The second kappa shape index (κ2) is 5.62. The Morgan fingerprint density at radius 1 is 0.706 bits per heavy atom. The van der Waals surface area contributed by atoms with Crippen LogP contribution in [0.15, 0.2) is 43.7 Å². The van der Waals surface area contributed by atoms with Gasteiger partial charge in [0.2, 0.25) is 0 Å². The number of hydrogen-bond donors (Lipinski definition) is 0. The van der Waals surface area contributed by atoms with E-state index in [4.69, 9.17) is 23.2 Å². The zero-order valence-corrected chi connectivity index (χ0v) is 14.5. The summed E-state index contributed by atoms with van der Waals surface area (Å²) in [6.07, 6.45) is 0.